The van der Waals surface area contributed by atoms with Crippen LogP contribution in [0.3, 0.4) is 0 Å². The number of hydrogen-bond acceptors (Lipinski definition) is 6. The Morgan fingerprint density at radius 1 is 1.43 bits per heavy atom. The summed E-state index contributed by atoms with van der Waals surface area (Å²) in [5.41, 5.74) is 2.30. The second-order valence-electron chi connectivity index (χ2n) is 5.15. The number of carbonyl (C=O) groups excluding carboxylic acids is 1. The maximum Gasteiger partial charge on any atom is 0.359 e. The third-order valence-corrected chi connectivity index (χ3v) is 3.78. The van der Waals surface area contributed by atoms with Gasteiger partial charge in [0.25, 0.3) is 0 Å². The Bertz CT molecular complexity index is 709. The van der Waals surface area contributed by atoms with Crippen molar-refractivity contribution in [2.45, 2.75) is 19.6 Å². The van der Waals surface area contributed by atoms with E-state index in [-0.39, 0.29) is 12.3 Å². The highest BCUT2D eigenvalue weighted by atomic mass is 16.5. The Kier molecular flexibility index (Phi) is 4.31. The van der Waals surface area contributed by atoms with E-state index in [1.165, 1.54) is 0 Å². The van der Waals surface area contributed by atoms with Gasteiger partial charge in [0.1, 0.15) is 12.0 Å². The molecule has 1 atom stereocenters. The van der Waals surface area contributed by atoms with E-state index in [0.29, 0.717) is 18.7 Å². The highest BCUT2D eigenvalue weighted by Gasteiger charge is 2.30. The molecule has 0 spiro atoms. The fourth-order valence-corrected chi connectivity index (χ4v) is 2.70. The van der Waals surface area contributed by atoms with Gasteiger partial charge in [0.05, 0.1) is 25.1 Å². The number of benzene rings is 1. The van der Waals surface area contributed by atoms with Gasteiger partial charge in [-0.15, -0.1) is 0 Å². The third kappa shape index (κ3) is 2.80. The molecule has 1 aromatic carbocycles. The number of nitrogens with one attached hydrogen (secondary N) is 1. The van der Waals surface area contributed by atoms with Crippen LogP contribution in [0, 0.1) is 0 Å². The van der Waals surface area contributed by atoms with Crippen LogP contribution in [0.2, 0.25) is 0 Å². The first-order valence-corrected chi connectivity index (χ1v) is 7.50. The maximum absolute atomic E-state index is 12.1. The van der Waals surface area contributed by atoms with Gasteiger partial charge in [-0.2, -0.15) is 5.10 Å². The monoisotopic (exact) mass is 317 g/mol. The molecule has 0 saturated heterocycles. The van der Waals surface area contributed by atoms with E-state index in [1.807, 2.05) is 12.1 Å². The molecule has 1 aromatic heterocycles. The van der Waals surface area contributed by atoms with Crippen molar-refractivity contribution in [3.8, 4) is 11.4 Å². The van der Waals surface area contributed by atoms with Gasteiger partial charge >= 0.3 is 5.97 Å². The van der Waals surface area contributed by atoms with Crippen molar-refractivity contribution < 1.29 is 19.4 Å². The normalized spacial score (nSPS) is 16.7. The molecule has 0 radical (unpaired) electrons. The summed E-state index contributed by atoms with van der Waals surface area (Å²) in [6, 6.07) is 7.25. The van der Waals surface area contributed by atoms with Crippen LogP contribution in [0.5, 0.6) is 5.75 Å². The first-order valence-electron chi connectivity index (χ1n) is 7.50. The molecule has 23 heavy (non-hydrogen) atoms. The number of aliphatic hydroxyl groups excluding tert-OH is 1. The molecule has 0 fully saturated rings. The van der Waals surface area contributed by atoms with Crippen LogP contribution in [0.15, 0.2) is 24.3 Å². The number of rotatable bonds is 4. The van der Waals surface area contributed by atoms with E-state index in [0.717, 1.165) is 17.0 Å². The zero-order valence-electron chi connectivity index (χ0n) is 13.1. The summed E-state index contributed by atoms with van der Waals surface area (Å²) in [6.45, 7) is 2.61. The number of ether oxygens (including phenoxy) is 2. The fraction of sp³-hybridized carbons (Fsp3) is 0.375. The number of methoxy groups -OCH3 is 1. The van der Waals surface area contributed by atoms with Gasteiger partial charge in [0, 0.05) is 12.1 Å². The molecule has 1 unspecified atom stereocenters. The molecule has 1 aliphatic rings. The summed E-state index contributed by atoms with van der Waals surface area (Å²) in [5.74, 6) is 0.254. The summed E-state index contributed by atoms with van der Waals surface area (Å²) in [4.78, 5) is 12.1. The van der Waals surface area contributed by atoms with Gasteiger partial charge in [-0.1, -0.05) is 0 Å². The highest BCUT2D eigenvalue weighted by Crippen LogP contribution is 2.28. The van der Waals surface area contributed by atoms with Crippen LogP contribution >= 0.6 is 0 Å². The lowest BCUT2D eigenvalue weighted by Gasteiger charge is -2.21. The molecule has 0 saturated carbocycles. The van der Waals surface area contributed by atoms with Gasteiger partial charge < -0.3 is 14.6 Å². The fourth-order valence-electron chi connectivity index (χ4n) is 2.70. The summed E-state index contributed by atoms with van der Waals surface area (Å²) < 4.78 is 11.8. The van der Waals surface area contributed by atoms with Gasteiger partial charge in [-0.05, 0) is 37.6 Å². The van der Waals surface area contributed by atoms with Crippen LogP contribution in [-0.2, 0) is 11.2 Å². The van der Waals surface area contributed by atoms with E-state index in [2.05, 4.69) is 10.4 Å². The quantitative estimate of drug-likeness (QED) is 0.824. The third-order valence-electron chi connectivity index (χ3n) is 3.78. The summed E-state index contributed by atoms with van der Waals surface area (Å²) in [5, 5.41) is 17.6. The molecule has 2 heterocycles. The number of hydrogen-bond donors (Lipinski definition) is 2. The predicted molar refractivity (Wildman–Crippen MR) is 82.7 cm³/mol. The van der Waals surface area contributed by atoms with Gasteiger partial charge in [-0.25, -0.2) is 9.48 Å². The average Bonchev–Trinajstić information content (AvgIpc) is 2.96. The minimum atomic E-state index is -0.878. The average molecular weight is 317 g/mol. The van der Waals surface area contributed by atoms with E-state index in [1.54, 1.807) is 30.8 Å². The minimum absolute atomic E-state index is 0.262. The van der Waals surface area contributed by atoms with Crippen molar-refractivity contribution in [1.82, 2.24) is 15.1 Å². The molecule has 122 valence electrons. The van der Waals surface area contributed by atoms with Crippen LogP contribution in [-0.4, -0.2) is 41.1 Å². The SMILES string of the molecule is CCOC(=O)c1nn(-c2ccc(OC)cc2)c2c1CCNC2O. The van der Waals surface area contributed by atoms with Crippen molar-refractivity contribution >= 4 is 5.97 Å². The van der Waals surface area contributed by atoms with Crippen molar-refractivity contribution in [2.75, 3.05) is 20.3 Å². The molecule has 2 aromatic rings. The smallest absolute Gasteiger partial charge is 0.359 e. The van der Waals surface area contributed by atoms with Crippen LogP contribution in [0.4, 0.5) is 0 Å². The molecule has 7 nitrogen and oxygen atoms in total. The molecule has 0 aliphatic carbocycles. The summed E-state index contributed by atoms with van der Waals surface area (Å²) in [6.07, 6.45) is -0.270. The number of carbonyl (C=O) groups is 1. The number of aliphatic hydroxyl groups is 1. The van der Waals surface area contributed by atoms with Crippen LogP contribution < -0.4 is 10.1 Å². The second-order valence-corrected chi connectivity index (χ2v) is 5.15. The second kappa shape index (κ2) is 6.39. The first kappa shape index (κ1) is 15.5. The number of aromatic nitrogens is 2. The first-order chi connectivity index (χ1) is 11.2. The largest absolute Gasteiger partial charge is 0.497 e. The van der Waals surface area contributed by atoms with Crippen molar-refractivity contribution in [2.24, 2.45) is 0 Å². The lowest BCUT2D eigenvalue weighted by Crippen LogP contribution is -2.31. The Hall–Kier alpha value is -2.38. The summed E-state index contributed by atoms with van der Waals surface area (Å²) >= 11 is 0. The lowest BCUT2D eigenvalue weighted by atomic mass is 10.0. The Balaban J connectivity index is 2.10. The topological polar surface area (TPSA) is 85.6 Å². The lowest BCUT2D eigenvalue weighted by molar-refractivity contribution is 0.0517. The Morgan fingerprint density at radius 3 is 2.83 bits per heavy atom. The number of fused-ring (bicyclic) bond motifs is 1. The Labute approximate surface area is 133 Å². The minimum Gasteiger partial charge on any atom is -0.497 e. The number of esters is 1. The molecule has 0 amide bonds. The maximum atomic E-state index is 12.1. The molecule has 2 N–H and O–H groups in total. The molecule has 0 bridgehead atoms. The number of nitrogens with zero attached hydrogens (tertiary/aromatic N) is 2. The van der Waals surface area contributed by atoms with E-state index in [9.17, 15) is 9.90 Å². The summed E-state index contributed by atoms with van der Waals surface area (Å²) in [7, 11) is 1.59. The molecule has 1 aliphatic heterocycles. The van der Waals surface area contributed by atoms with E-state index >= 15 is 0 Å². The highest BCUT2D eigenvalue weighted by molar-refractivity contribution is 5.89. The van der Waals surface area contributed by atoms with Crippen molar-refractivity contribution in [1.29, 1.82) is 0 Å². The molecule has 3 rings (SSSR count). The zero-order valence-corrected chi connectivity index (χ0v) is 13.1. The standard InChI is InChI=1S/C16H19N3O4/c1-3-23-16(21)13-12-8-9-17-15(20)14(12)19(18-13)10-4-6-11(22-2)7-5-10/h4-7,15,17,20H,3,8-9H2,1-2H3. The van der Waals surface area contributed by atoms with Crippen molar-refractivity contribution in [3.63, 3.8) is 0 Å². The zero-order chi connectivity index (χ0) is 16.4. The van der Waals surface area contributed by atoms with E-state index < -0.39 is 12.2 Å². The van der Waals surface area contributed by atoms with Crippen molar-refractivity contribution in [3.05, 3.63) is 41.2 Å². The van der Waals surface area contributed by atoms with Gasteiger partial charge in [-0.3, -0.25) is 5.32 Å². The molecule has 7 heteroatoms. The van der Waals surface area contributed by atoms with Gasteiger partial charge in [0.2, 0.25) is 0 Å². The van der Waals surface area contributed by atoms with E-state index in [4.69, 9.17) is 9.47 Å². The predicted octanol–water partition coefficient (Wildman–Crippen LogP) is 1.19. The molecular formula is C16H19N3O4. The van der Waals surface area contributed by atoms with Gasteiger partial charge in [0.15, 0.2) is 5.69 Å². The van der Waals surface area contributed by atoms with Crippen LogP contribution in [0.25, 0.3) is 5.69 Å². The Morgan fingerprint density at radius 2 is 2.17 bits per heavy atom. The molecular weight excluding hydrogens is 298 g/mol. The van der Waals surface area contributed by atoms with Crippen LogP contribution in [0.1, 0.15) is 34.9 Å².